The van der Waals surface area contributed by atoms with Crippen molar-refractivity contribution in [2.45, 2.75) is 39.7 Å². The van der Waals surface area contributed by atoms with E-state index in [9.17, 15) is 9.59 Å². The topological polar surface area (TPSA) is 86.6 Å². The quantitative estimate of drug-likeness (QED) is 0.328. The molecule has 43 heavy (non-hydrogen) atoms. The van der Waals surface area contributed by atoms with E-state index in [1.165, 1.54) is 11.3 Å². The molecule has 1 N–H and O–H groups in total. The van der Waals surface area contributed by atoms with Crippen LogP contribution in [0.3, 0.4) is 0 Å². The van der Waals surface area contributed by atoms with Crippen LogP contribution in [0.25, 0.3) is 22.2 Å². The number of anilines is 3. The molecule has 9 nitrogen and oxygen atoms in total. The molecule has 2 saturated heterocycles. The van der Waals surface area contributed by atoms with E-state index in [0.29, 0.717) is 35.3 Å². The molecule has 2 aromatic carbocycles. The summed E-state index contributed by atoms with van der Waals surface area (Å²) in [5.41, 5.74) is 5.96. The number of pyridine rings is 1. The average molecular weight is 600 g/mol. The molecular formula is C33H38ClN7O2. The van der Waals surface area contributed by atoms with E-state index < -0.39 is 0 Å². The van der Waals surface area contributed by atoms with E-state index in [4.69, 9.17) is 16.6 Å². The number of rotatable bonds is 5. The smallest absolute Gasteiger partial charge is 0.260 e. The summed E-state index contributed by atoms with van der Waals surface area (Å²) in [5.74, 6) is 0.435. The van der Waals surface area contributed by atoms with Gasteiger partial charge in [0.1, 0.15) is 5.65 Å². The third kappa shape index (κ3) is 5.84. The van der Waals surface area contributed by atoms with Crippen molar-refractivity contribution >= 4 is 45.9 Å². The lowest BCUT2D eigenvalue weighted by Crippen LogP contribution is -2.44. The number of aromatic nitrogens is 3. The van der Waals surface area contributed by atoms with E-state index in [1.807, 2.05) is 24.0 Å². The van der Waals surface area contributed by atoms with Crippen LogP contribution >= 0.6 is 11.6 Å². The monoisotopic (exact) mass is 599 g/mol. The Morgan fingerprint density at radius 2 is 1.77 bits per heavy atom. The van der Waals surface area contributed by atoms with Gasteiger partial charge < -0.3 is 20.0 Å². The highest BCUT2D eigenvalue weighted by Gasteiger charge is 2.28. The second kappa shape index (κ2) is 12.0. The number of benzene rings is 2. The highest BCUT2D eigenvalue weighted by atomic mass is 35.5. The molecule has 0 spiro atoms. The lowest BCUT2D eigenvalue weighted by Gasteiger charge is -2.35. The van der Waals surface area contributed by atoms with Crippen LogP contribution in [0.1, 0.15) is 36.9 Å². The van der Waals surface area contributed by atoms with Crippen LogP contribution < -0.4 is 15.8 Å². The number of halogens is 1. The first-order chi connectivity index (χ1) is 20.7. The van der Waals surface area contributed by atoms with Crippen LogP contribution in [-0.4, -0.2) is 76.6 Å². The number of amides is 1. The van der Waals surface area contributed by atoms with Crippen LogP contribution in [0, 0.1) is 13.8 Å². The van der Waals surface area contributed by atoms with Crippen LogP contribution in [0.4, 0.5) is 17.3 Å². The van der Waals surface area contributed by atoms with Crippen molar-refractivity contribution in [1.82, 2.24) is 24.3 Å². The molecule has 1 amide bonds. The third-order valence-corrected chi connectivity index (χ3v) is 9.10. The maximum atomic E-state index is 14.3. The fourth-order valence-electron chi connectivity index (χ4n) is 6.40. The lowest BCUT2D eigenvalue weighted by molar-refractivity contribution is -0.130. The molecule has 1 atom stereocenters. The van der Waals surface area contributed by atoms with Crippen molar-refractivity contribution in [3.8, 4) is 11.1 Å². The largest absolute Gasteiger partial charge is 0.369 e. The number of nitrogens with zero attached hydrogens (tertiary/aromatic N) is 6. The Bertz CT molecular complexity index is 1730. The summed E-state index contributed by atoms with van der Waals surface area (Å²) in [4.78, 5) is 42.9. The highest BCUT2D eigenvalue weighted by Crippen LogP contribution is 2.32. The third-order valence-electron chi connectivity index (χ3n) is 8.85. The summed E-state index contributed by atoms with van der Waals surface area (Å²) in [6.07, 6.45) is 3.39. The standard InChI is InChI=1S/C33H38ClN7O2/c1-21-18-26(11-12-29(21)39-16-14-38(4)15-17-39)36-33-35-19-28-22(2)30(24-7-9-25(34)10-8-24)32(43)41(31(28)37-33)27-6-5-13-40(20-27)23(3)42/h7-12,18-19,27H,5-6,13-17,20H2,1-4H3,(H,35,36,37). The van der Waals surface area contributed by atoms with Gasteiger partial charge in [-0.1, -0.05) is 23.7 Å². The summed E-state index contributed by atoms with van der Waals surface area (Å²) in [7, 11) is 2.16. The van der Waals surface area contributed by atoms with E-state index in [2.05, 4.69) is 52.3 Å². The first-order valence-corrected chi connectivity index (χ1v) is 15.3. The Labute approximate surface area is 257 Å². The van der Waals surface area contributed by atoms with Gasteiger partial charge in [-0.05, 0) is 80.8 Å². The van der Waals surface area contributed by atoms with Gasteiger partial charge in [0.2, 0.25) is 11.9 Å². The van der Waals surface area contributed by atoms with Crippen LogP contribution in [0.2, 0.25) is 5.02 Å². The van der Waals surface area contributed by atoms with Gasteiger partial charge >= 0.3 is 0 Å². The molecule has 4 aromatic rings. The predicted molar refractivity (Wildman–Crippen MR) is 174 cm³/mol. The van der Waals surface area contributed by atoms with E-state index in [-0.39, 0.29) is 17.5 Å². The molecule has 2 fully saturated rings. The van der Waals surface area contributed by atoms with E-state index in [1.54, 1.807) is 29.8 Å². The highest BCUT2D eigenvalue weighted by molar-refractivity contribution is 6.30. The lowest BCUT2D eigenvalue weighted by atomic mass is 9.98. The molecular weight excluding hydrogens is 562 g/mol. The number of hydrogen-bond donors (Lipinski definition) is 1. The normalized spacial score (nSPS) is 17.8. The summed E-state index contributed by atoms with van der Waals surface area (Å²) >= 11 is 6.17. The Morgan fingerprint density at radius 1 is 1.02 bits per heavy atom. The van der Waals surface area contributed by atoms with Crippen molar-refractivity contribution in [3.05, 3.63) is 75.2 Å². The van der Waals surface area contributed by atoms with Gasteiger partial charge in [0.25, 0.3) is 5.56 Å². The number of fused-ring (bicyclic) bond motifs is 1. The second-order valence-electron chi connectivity index (χ2n) is 11.8. The number of hydrogen-bond acceptors (Lipinski definition) is 7. The Morgan fingerprint density at radius 3 is 2.47 bits per heavy atom. The molecule has 0 aliphatic carbocycles. The van der Waals surface area contributed by atoms with E-state index >= 15 is 0 Å². The first kappa shape index (κ1) is 29.1. The summed E-state index contributed by atoms with van der Waals surface area (Å²) in [6.45, 7) is 10.9. The fraction of sp³-hybridized carbons (Fsp3) is 0.394. The minimum absolute atomic E-state index is 0.0134. The van der Waals surface area contributed by atoms with Crippen LogP contribution in [-0.2, 0) is 4.79 Å². The van der Waals surface area contributed by atoms with Gasteiger partial charge in [-0.2, -0.15) is 4.98 Å². The van der Waals surface area contributed by atoms with E-state index in [0.717, 1.165) is 61.2 Å². The maximum absolute atomic E-state index is 14.3. The maximum Gasteiger partial charge on any atom is 0.260 e. The average Bonchev–Trinajstić information content (AvgIpc) is 2.99. The molecule has 0 bridgehead atoms. The number of piperazine rings is 1. The number of carbonyl (C=O) groups is 1. The number of carbonyl (C=O) groups excluding carboxylic acids is 1. The van der Waals surface area contributed by atoms with Crippen molar-refractivity contribution < 1.29 is 4.79 Å². The number of piperidine rings is 1. The predicted octanol–water partition coefficient (Wildman–Crippen LogP) is 5.41. The molecule has 0 saturated carbocycles. The van der Waals surface area contributed by atoms with Gasteiger partial charge in [-0.25, -0.2) is 4.98 Å². The molecule has 2 aromatic heterocycles. The summed E-state index contributed by atoms with van der Waals surface area (Å²) in [6, 6.07) is 13.5. The molecule has 10 heteroatoms. The van der Waals surface area contributed by atoms with Gasteiger partial charge in [-0.15, -0.1) is 0 Å². The van der Waals surface area contributed by atoms with Gasteiger partial charge in [0.15, 0.2) is 0 Å². The fourth-order valence-corrected chi connectivity index (χ4v) is 6.53. The van der Waals surface area contributed by atoms with Crippen molar-refractivity contribution in [2.75, 3.05) is 56.5 Å². The second-order valence-corrected chi connectivity index (χ2v) is 12.2. The van der Waals surface area contributed by atoms with Crippen LogP contribution in [0.5, 0.6) is 0 Å². The Hall–Kier alpha value is -3.95. The van der Waals surface area contributed by atoms with Crippen molar-refractivity contribution in [3.63, 3.8) is 0 Å². The van der Waals surface area contributed by atoms with Gasteiger partial charge in [-0.3, -0.25) is 14.2 Å². The number of aryl methyl sites for hydroxylation is 2. The first-order valence-electron chi connectivity index (χ1n) is 14.9. The molecule has 0 radical (unpaired) electrons. The molecule has 4 heterocycles. The molecule has 2 aliphatic rings. The zero-order chi connectivity index (χ0) is 30.2. The molecule has 2 aliphatic heterocycles. The zero-order valence-corrected chi connectivity index (χ0v) is 26.0. The summed E-state index contributed by atoms with van der Waals surface area (Å²) in [5, 5.41) is 4.79. The minimum atomic E-state index is -0.202. The minimum Gasteiger partial charge on any atom is -0.369 e. The summed E-state index contributed by atoms with van der Waals surface area (Å²) < 4.78 is 1.79. The molecule has 1 unspecified atom stereocenters. The number of likely N-dealkylation sites (tertiary alicyclic amines) is 1. The van der Waals surface area contributed by atoms with Gasteiger partial charge in [0, 0.05) is 74.2 Å². The van der Waals surface area contributed by atoms with Gasteiger partial charge in [0.05, 0.1) is 11.6 Å². The number of nitrogens with one attached hydrogen (secondary N) is 1. The molecule has 224 valence electrons. The molecule has 6 rings (SSSR count). The van der Waals surface area contributed by atoms with Crippen molar-refractivity contribution in [1.29, 1.82) is 0 Å². The zero-order valence-electron chi connectivity index (χ0n) is 25.2. The van der Waals surface area contributed by atoms with Crippen molar-refractivity contribution in [2.24, 2.45) is 0 Å². The Kier molecular flexibility index (Phi) is 8.11. The SMILES string of the molecule is CC(=O)N1CCCC(n2c(=O)c(-c3ccc(Cl)cc3)c(C)c3cnc(Nc4ccc(N5CCN(C)CC5)c(C)c4)nc32)C1. The Balaban J connectivity index is 1.41. The number of likely N-dealkylation sites (N-methyl/N-ethyl adjacent to an activating group) is 1. The van der Waals surface area contributed by atoms with Crippen LogP contribution in [0.15, 0.2) is 53.5 Å².